The van der Waals surface area contributed by atoms with Crippen molar-refractivity contribution in [1.29, 1.82) is 0 Å². The molecule has 19 heavy (non-hydrogen) atoms. The molecule has 0 aliphatic heterocycles. The van der Waals surface area contributed by atoms with Gasteiger partial charge in [-0.25, -0.2) is 9.59 Å². The second-order valence-electron chi connectivity index (χ2n) is 4.16. The summed E-state index contributed by atoms with van der Waals surface area (Å²) in [4.78, 5) is 23.8. The Bertz CT molecular complexity index is 441. The zero-order valence-electron chi connectivity index (χ0n) is 10.9. The van der Waals surface area contributed by atoms with Crippen molar-refractivity contribution < 1.29 is 24.5 Å². The van der Waals surface area contributed by atoms with Crippen LogP contribution in [-0.4, -0.2) is 41.5 Å². The minimum Gasteiger partial charge on any atom is -0.478 e. The molecule has 0 saturated heterocycles. The third-order valence-electron chi connectivity index (χ3n) is 2.31. The smallest absolute Gasteiger partial charge is 0.414 e. The van der Waals surface area contributed by atoms with Gasteiger partial charge in [0.2, 0.25) is 0 Å². The van der Waals surface area contributed by atoms with E-state index in [0.717, 1.165) is 0 Å². The number of aliphatic hydroxyl groups is 1. The molecule has 1 rings (SSSR count). The first-order chi connectivity index (χ1) is 8.95. The van der Waals surface area contributed by atoms with E-state index >= 15 is 0 Å². The number of hydrogen-bond acceptors (Lipinski definition) is 4. The molecule has 2 N–H and O–H groups in total. The predicted molar refractivity (Wildman–Crippen MR) is 69.5 cm³/mol. The second-order valence-corrected chi connectivity index (χ2v) is 4.16. The van der Waals surface area contributed by atoms with E-state index in [0.29, 0.717) is 5.69 Å². The number of carboxylic acid groups (broad SMARTS) is 1. The van der Waals surface area contributed by atoms with Gasteiger partial charge in [0, 0.05) is 5.69 Å². The SMILES string of the molecule is CC(C)OC(=O)N(CCO)c1ccc(C(=O)O)cc1. The van der Waals surface area contributed by atoms with Crippen molar-refractivity contribution >= 4 is 17.7 Å². The summed E-state index contributed by atoms with van der Waals surface area (Å²) < 4.78 is 5.06. The molecule has 104 valence electrons. The van der Waals surface area contributed by atoms with Gasteiger partial charge in [-0.15, -0.1) is 0 Å². The van der Waals surface area contributed by atoms with Gasteiger partial charge >= 0.3 is 12.1 Å². The number of carbonyl (C=O) groups is 2. The average molecular weight is 267 g/mol. The van der Waals surface area contributed by atoms with Crippen molar-refractivity contribution in [1.82, 2.24) is 0 Å². The first kappa shape index (κ1) is 15.0. The fourth-order valence-electron chi connectivity index (χ4n) is 1.48. The molecule has 0 bridgehead atoms. The summed E-state index contributed by atoms with van der Waals surface area (Å²) in [5, 5.41) is 17.8. The molecule has 6 heteroatoms. The van der Waals surface area contributed by atoms with Gasteiger partial charge in [0.25, 0.3) is 0 Å². The molecule has 0 heterocycles. The molecule has 0 aliphatic rings. The fourth-order valence-corrected chi connectivity index (χ4v) is 1.48. The maximum atomic E-state index is 11.8. The number of benzene rings is 1. The van der Waals surface area contributed by atoms with E-state index in [1.807, 2.05) is 0 Å². The van der Waals surface area contributed by atoms with E-state index in [2.05, 4.69) is 0 Å². The summed E-state index contributed by atoms with van der Waals surface area (Å²) in [7, 11) is 0. The van der Waals surface area contributed by atoms with Crippen LogP contribution in [0.2, 0.25) is 0 Å². The molecule has 1 amide bonds. The lowest BCUT2D eigenvalue weighted by molar-refractivity contribution is 0.0697. The van der Waals surface area contributed by atoms with Crippen LogP contribution in [0.3, 0.4) is 0 Å². The molecule has 0 saturated carbocycles. The van der Waals surface area contributed by atoms with E-state index in [9.17, 15) is 9.59 Å². The number of carbonyl (C=O) groups excluding carboxylic acids is 1. The summed E-state index contributed by atoms with van der Waals surface area (Å²) in [6.45, 7) is 3.32. The first-order valence-electron chi connectivity index (χ1n) is 5.88. The number of rotatable bonds is 5. The second kappa shape index (κ2) is 6.75. The summed E-state index contributed by atoms with van der Waals surface area (Å²) >= 11 is 0. The lowest BCUT2D eigenvalue weighted by atomic mass is 10.2. The number of aliphatic hydroxyl groups excluding tert-OH is 1. The number of amides is 1. The van der Waals surface area contributed by atoms with Crippen LogP contribution in [0.5, 0.6) is 0 Å². The number of anilines is 1. The van der Waals surface area contributed by atoms with Crippen LogP contribution in [0.1, 0.15) is 24.2 Å². The summed E-state index contributed by atoms with van der Waals surface area (Å²) in [5.41, 5.74) is 0.606. The van der Waals surface area contributed by atoms with Crippen LogP contribution >= 0.6 is 0 Å². The monoisotopic (exact) mass is 267 g/mol. The minimum absolute atomic E-state index is 0.0813. The van der Waals surface area contributed by atoms with Crippen LogP contribution in [0.25, 0.3) is 0 Å². The van der Waals surface area contributed by atoms with Crippen molar-refractivity contribution in [2.75, 3.05) is 18.1 Å². The number of ether oxygens (including phenoxy) is 1. The van der Waals surface area contributed by atoms with Gasteiger partial charge < -0.3 is 14.9 Å². The molecule has 0 unspecified atom stereocenters. The van der Waals surface area contributed by atoms with E-state index in [1.165, 1.54) is 29.2 Å². The Kier molecular flexibility index (Phi) is 5.32. The topological polar surface area (TPSA) is 87.1 Å². The molecule has 1 aromatic carbocycles. The van der Waals surface area contributed by atoms with Gasteiger partial charge in [-0.1, -0.05) is 0 Å². The summed E-state index contributed by atoms with van der Waals surface area (Å²) in [6.07, 6.45) is -0.848. The van der Waals surface area contributed by atoms with Crippen LogP contribution in [0.15, 0.2) is 24.3 Å². The Labute approximate surface area is 111 Å². The highest BCUT2D eigenvalue weighted by atomic mass is 16.6. The van der Waals surface area contributed by atoms with Crippen LogP contribution < -0.4 is 4.90 Å². The largest absolute Gasteiger partial charge is 0.478 e. The molecule has 1 aromatic rings. The molecule has 6 nitrogen and oxygen atoms in total. The highest BCUT2D eigenvalue weighted by molar-refractivity contribution is 5.90. The fraction of sp³-hybridized carbons (Fsp3) is 0.385. The molecule has 0 atom stereocenters. The summed E-state index contributed by atoms with van der Waals surface area (Å²) in [6, 6.07) is 5.79. The Hall–Kier alpha value is -2.08. The van der Waals surface area contributed by atoms with Gasteiger partial charge in [-0.05, 0) is 38.1 Å². The normalized spacial score (nSPS) is 10.3. The Morgan fingerprint density at radius 2 is 1.84 bits per heavy atom. The van der Waals surface area contributed by atoms with Crippen molar-refractivity contribution in [2.24, 2.45) is 0 Å². The Morgan fingerprint density at radius 1 is 1.26 bits per heavy atom. The molecular weight excluding hydrogens is 250 g/mol. The van der Waals surface area contributed by atoms with Crippen LogP contribution in [0, 0.1) is 0 Å². The minimum atomic E-state index is -1.04. The number of aromatic carboxylic acids is 1. The summed E-state index contributed by atoms with van der Waals surface area (Å²) in [5.74, 6) is -1.04. The van der Waals surface area contributed by atoms with E-state index in [4.69, 9.17) is 14.9 Å². The number of carboxylic acids is 1. The lowest BCUT2D eigenvalue weighted by Crippen LogP contribution is -2.35. The highest BCUT2D eigenvalue weighted by Crippen LogP contribution is 2.17. The maximum absolute atomic E-state index is 11.8. The van der Waals surface area contributed by atoms with E-state index < -0.39 is 12.1 Å². The van der Waals surface area contributed by atoms with Crippen molar-refractivity contribution in [3.8, 4) is 0 Å². The lowest BCUT2D eigenvalue weighted by Gasteiger charge is -2.22. The van der Waals surface area contributed by atoms with E-state index in [1.54, 1.807) is 13.8 Å². The molecule has 0 spiro atoms. The van der Waals surface area contributed by atoms with Gasteiger partial charge in [0.15, 0.2) is 0 Å². The number of nitrogens with zero attached hydrogens (tertiary/aromatic N) is 1. The van der Waals surface area contributed by atoms with Crippen LogP contribution in [0.4, 0.5) is 10.5 Å². The molecule has 0 aromatic heterocycles. The molecule has 0 aliphatic carbocycles. The zero-order chi connectivity index (χ0) is 14.4. The third kappa shape index (κ3) is 4.26. The van der Waals surface area contributed by atoms with Crippen LogP contribution in [-0.2, 0) is 4.74 Å². The third-order valence-corrected chi connectivity index (χ3v) is 2.31. The van der Waals surface area contributed by atoms with Crippen molar-refractivity contribution in [3.05, 3.63) is 29.8 Å². The first-order valence-corrected chi connectivity index (χ1v) is 5.88. The Balaban J connectivity index is 2.92. The van der Waals surface area contributed by atoms with E-state index in [-0.39, 0.29) is 24.8 Å². The molecule has 0 radical (unpaired) electrons. The zero-order valence-corrected chi connectivity index (χ0v) is 10.9. The standard InChI is InChI=1S/C13H17NO5/c1-9(2)19-13(18)14(7-8-15)11-5-3-10(4-6-11)12(16)17/h3-6,9,15H,7-8H2,1-2H3,(H,16,17). The van der Waals surface area contributed by atoms with Gasteiger partial charge in [-0.2, -0.15) is 0 Å². The van der Waals surface area contributed by atoms with Gasteiger partial charge in [0.1, 0.15) is 0 Å². The van der Waals surface area contributed by atoms with Gasteiger partial charge in [-0.3, -0.25) is 4.90 Å². The quantitative estimate of drug-likeness (QED) is 0.848. The Morgan fingerprint density at radius 3 is 2.26 bits per heavy atom. The predicted octanol–water partition coefficient (Wildman–Crippen LogP) is 1.73. The van der Waals surface area contributed by atoms with Crippen molar-refractivity contribution in [2.45, 2.75) is 20.0 Å². The maximum Gasteiger partial charge on any atom is 0.414 e. The highest BCUT2D eigenvalue weighted by Gasteiger charge is 2.18. The molecule has 0 fully saturated rings. The van der Waals surface area contributed by atoms with Gasteiger partial charge in [0.05, 0.1) is 24.8 Å². The average Bonchev–Trinajstić information content (AvgIpc) is 2.35. The van der Waals surface area contributed by atoms with Crippen molar-refractivity contribution in [3.63, 3.8) is 0 Å². The number of hydrogen-bond donors (Lipinski definition) is 2. The molecular formula is C13H17NO5.